The zero-order valence-corrected chi connectivity index (χ0v) is 18.6. The van der Waals surface area contributed by atoms with E-state index >= 15 is 0 Å². The lowest BCUT2D eigenvalue weighted by Crippen LogP contribution is -2.48. The van der Waals surface area contributed by atoms with Gasteiger partial charge in [-0.2, -0.15) is 13.2 Å². The van der Waals surface area contributed by atoms with Crippen LogP contribution in [0.4, 0.5) is 13.2 Å². The molecule has 1 saturated carbocycles. The molecular weight excluding hydrogens is 439 g/mol. The Morgan fingerprint density at radius 3 is 2.06 bits per heavy atom. The minimum Gasteiger partial charge on any atom is -0.475 e. The monoisotopic (exact) mass is 471 g/mol. The average Bonchev–Trinajstić information content (AvgIpc) is 3.09. The van der Waals surface area contributed by atoms with Crippen LogP contribution in [-0.4, -0.2) is 77.6 Å². The number of rotatable bonds is 5. The molecule has 0 unspecified atom stereocenters. The first-order valence-corrected chi connectivity index (χ1v) is 11.3. The van der Waals surface area contributed by atoms with Gasteiger partial charge >= 0.3 is 12.1 Å². The Hall–Kier alpha value is -2.62. The van der Waals surface area contributed by atoms with Gasteiger partial charge in [0.25, 0.3) is 5.91 Å². The van der Waals surface area contributed by atoms with Crippen LogP contribution in [0.3, 0.4) is 0 Å². The number of carboxylic acids is 1. The standard InChI is InChI=1S/C21H31N3O2.C2HF3O2/c25-20(23-16-13-22-14-17-23)12-15-24(19-10-6-1-2-7-11-19)21(26)18-8-4-3-5-9-18;3-2(4,5)1(6)7/h3-5,8-9,19,22H,1-2,6-7,10-17H2;(H,6,7). The van der Waals surface area contributed by atoms with Crippen LogP contribution in [0.25, 0.3) is 0 Å². The van der Waals surface area contributed by atoms with Crippen molar-refractivity contribution in [2.45, 2.75) is 57.2 Å². The highest BCUT2D eigenvalue weighted by Crippen LogP contribution is 2.24. The normalized spacial score (nSPS) is 17.4. The van der Waals surface area contributed by atoms with Crippen LogP contribution < -0.4 is 5.32 Å². The minimum absolute atomic E-state index is 0.0746. The fraction of sp³-hybridized carbons (Fsp3) is 0.609. The number of amides is 2. The number of alkyl halides is 3. The molecule has 7 nitrogen and oxygen atoms in total. The summed E-state index contributed by atoms with van der Waals surface area (Å²) in [6.07, 6.45) is 2.31. The third kappa shape index (κ3) is 9.03. The number of piperazine rings is 1. The molecule has 0 atom stereocenters. The molecule has 2 aliphatic rings. The second-order valence-corrected chi connectivity index (χ2v) is 8.19. The first-order chi connectivity index (χ1) is 15.7. The molecule has 1 aromatic rings. The molecule has 0 radical (unpaired) electrons. The molecule has 2 amide bonds. The van der Waals surface area contributed by atoms with Gasteiger partial charge in [0.2, 0.25) is 5.91 Å². The Bertz CT molecular complexity index is 760. The Morgan fingerprint density at radius 2 is 1.55 bits per heavy atom. The highest BCUT2D eigenvalue weighted by molar-refractivity contribution is 5.94. The van der Waals surface area contributed by atoms with E-state index in [9.17, 15) is 22.8 Å². The van der Waals surface area contributed by atoms with E-state index in [1.807, 2.05) is 40.1 Å². The number of hydrogen-bond donors (Lipinski definition) is 2. The summed E-state index contributed by atoms with van der Waals surface area (Å²) < 4.78 is 31.7. The van der Waals surface area contributed by atoms with Crippen LogP contribution in [0.5, 0.6) is 0 Å². The minimum atomic E-state index is -5.08. The summed E-state index contributed by atoms with van der Waals surface area (Å²) in [5, 5.41) is 10.4. The van der Waals surface area contributed by atoms with Crippen molar-refractivity contribution in [1.82, 2.24) is 15.1 Å². The molecule has 1 aliphatic heterocycles. The Labute approximate surface area is 191 Å². The first-order valence-electron chi connectivity index (χ1n) is 11.3. The number of nitrogens with zero attached hydrogens (tertiary/aromatic N) is 2. The molecule has 1 aromatic carbocycles. The van der Waals surface area contributed by atoms with Crippen molar-refractivity contribution in [3.8, 4) is 0 Å². The molecule has 1 heterocycles. The van der Waals surface area contributed by atoms with E-state index in [-0.39, 0.29) is 17.9 Å². The second kappa shape index (κ2) is 13.2. The van der Waals surface area contributed by atoms with Crippen molar-refractivity contribution < 1.29 is 32.7 Å². The average molecular weight is 472 g/mol. The molecular formula is C23H32F3N3O4. The van der Waals surface area contributed by atoms with Gasteiger partial charge in [-0.3, -0.25) is 9.59 Å². The lowest BCUT2D eigenvalue weighted by Gasteiger charge is -2.33. The summed E-state index contributed by atoms with van der Waals surface area (Å²) in [7, 11) is 0. The molecule has 1 aliphatic carbocycles. The SMILES string of the molecule is O=C(CCN(C(=O)c1ccccc1)C1CCCCCC1)N1CCNCC1.O=C(O)C(F)(F)F. The van der Waals surface area contributed by atoms with Gasteiger partial charge in [0.1, 0.15) is 0 Å². The molecule has 2 N–H and O–H groups in total. The van der Waals surface area contributed by atoms with Crippen molar-refractivity contribution in [3.05, 3.63) is 35.9 Å². The zero-order chi connectivity index (χ0) is 24.3. The third-order valence-electron chi connectivity index (χ3n) is 5.83. The van der Waals surface area contributed by atoms with Gasteiger partial charge in [-0.25, -0.2) is 4.79 Å². The van der Waals surface area contributed by atoms with E-state index in [1.165, 1.54) is 25.7 Å². The van der Waals surface area contributed by atoms with E-state index < -0.39 is 12.1 Å². The van der Waals surface area contributed by atoms with Crippen molar-refractivity contribution >= 4 is 17.8 Å². The Kier molecular flexibility index (Phi) is 10.6. The van der Waals surface area contributed by atoms with Gasteiger partial charge in [-0.1, -0.05) is 43.9 Å². The van der Waals surface area contributed by atoms with Gasteiger partial charge in [0, 0.05) is 50.7 Å². The molecule has 0 aromatic heterocycles. The number of carbonyl (C=O) groups is 3. The fourth-order valence-electron chi connectivity index (χ4n) is 4.05. The quantitative estimate of drug-likeness (QED) is 0.644. The van der Waals surface area contributed by atoms with Crippen LogP contribution in [-0.2, 0) is 9.59 Å². The van der Waals surface area contributed by atoms with E-state index in [2.05, 4.69) is 5.32 Å². The predicted octanol–water partition coefficient (Wildman–Crippen LogP) is 3.31. The summed E-state index contributed by atoms with van der Waals surface area (Å²) in [5.41, 5.74) is 0.728. The molecule has 2 fully saturated rings. The van der Waals surface area contributed by atoms with Gasteiger partial charge < -0.3 is 20.2 Å². The van der Waals surface area contributed by atoms with Crippen LogP contribution in [0.2, 0.25) is 0 Å². The number of hydrogen-bond acceptors (Lipinski definition) is 4. The summed E-state index contributed by atoms with van der Waals surface area (Å²) in [5.74, 6) is -2.51. The van der Waals surface area contributed by atoms with E-state index in [0.29, 0.717) is 13.0 Å². The molecule has 184 valence electrons. The maximum atomic E-state index is 13.1. The topological polar surface area (TPSA) is 90.0 Å². The van der Waals surface area contributed by atoms with Gasteiger partial charge in [0.05, 0.1) is 0 Å². The molecule has 10 heteroatoms. The first kappa shape index (κ1) is 26.6. The van der Waals surface area contributed by atoms with Crippen molar-refractivity contribution in [1.29, 1.82) is 0 Å². The lowest BCUT2D eigenvalue weighted by atomic mass is 10.0. The summed E-state index contributed by atoms with van der Waals surface area (Å²) >= 11 is 0. The predicted molar refractivity (Wildman–Crippen MR) is 117 cm³/mol. The summed E-state index contributed by atoms with van der Waals surface area (Å²) in [4.78, 5) is 38.5. The molecule has 0 bridgehead atoms. The number of halogens is 3. The largest absolute Gasteiger partial charge is 0.490 e. The highest BCUT2D eigenvalue weighted by atomic mass is 19.4. The number of nitrogens with one attached hydrogen (secondary N) is 1. The number of carbonyl (C=O) groups excluding carboxylic acids is 2. The Balaban J connectivity index is 0.000000479. The fourth-order valence-corrected chi connectivity index (χ4v) is 4.05. The van der Waals surface area contributed by atoms with E-state index in [1.54, 1.807) is 0 Å². The maximum absolute atomic E-state index is 13.1. The van der Waals surface area contributed by atoms with Crippen LogP contribution in [0.15, 0.2) is 30.3 Å². The summed E-state index contributed by atoms with van der Waals surface area (Å²) in [6, 6.07) is 9.77. The molecule has 1 saturated heterocycles. The number of aliphatic carboxylic acids is 1. The van der Waals surface area contributed by atoms with Crippen LogP contribution in [0.1, 0.15) is 55.3 Å². The van der Waals surface area contributed by atoms with Gasteiger partial charge in [-0.15, -0.1) is 0 Å². The number of benzene rings is 1. The molecule has 33 heavy (non-hydrogen) atoms. The highest BCUT2D eigenvalue weighted by Gasteiger charge is 2.38. The van der Waals surface area contributed by atoms with Crippen LogP contribution >= 0.6 is 0 Å². The van der Waals surface area contributed by atoms with Crippen LogP contribution in [0, 0.1) is 0 Å². The zero-order valence-electron chi connectivity index (χ0n) is 18.6. The van der Waals surface area contributed by atoms with Gasteiger partial charge in [-0.05, 0) is 25.0 Å². The Morgan fingerprint density at radius 1 is 1.00 bits per heavy atom. The van der Waals surface area contributed by atoms with Crippen molar-refractivity contribution in [2.75, 3.05) is 32.7 Å². The van der Waals surface area contributed by atoms with Crippen molar-refractivity contribution in [2.24, 2.45) is 0 Å². The maximum Gasteiger partial charge on any atom is 0.490 e. The van der Waals surface area contributed by atoms with Gasteiger partial charge in [0.15, 0.2) is 0 Å². The third-order valence-corrected chi connectivity index (χ3v) is 5.83. The summed E-state index contributed by atoms with van der Waals surface area (Å²) in [6.45, 7) is 3.80. The lowest BCUT2D eigenvalue weighted by molar-refractivity contribution is -0.192. The molecule has 3 rings (SSSR count). The smallest absolute Gasteiger partial charge is 0.475 e. The number of carboxylic acid groups (broad SMARTS) is 1. The second-order valence-electron chi connectivity index (χ2n) is 8.19. The van der Waals surface area contributed by atoms with E-state index in [0.717, 1.165) is 44.6 Å². The van der Waals surface area contributed by atoms with E-state index in [4.69, 9.17) is 9.90 Å². The van der Waals surface area contributed by atoms with Crippen molar-refractivity contribution in [3.63, 3.8) is 0 Å². The molecule has 0 spiro atoms.